The summed E-state index contributed by atoms with van der Waals surface area (Å²) in [4.78, 5) is 9.58. The lowest BCUT2D eigenvalue weighted by atomic mass is 9.87. The molecule has 4 nitrogen and oxygen atoms in total. The predicted octanol–water partition coefficient (Wildman–Crippen LogP) is 3.47. The van der Waals surface area contributed by atoms with Gasteiger partial charge in [-0.2, -0.15) is 5.10 Å². The van der Waals surface area contributed by atoms with E-state index in [2.05, 4.69) is 51.6 Å². The van der Waals surface area contributed by atoms with Crippen LogP contribution in [0, 0.1) is 0 Å². The Bertz CT molecular complexity index is 612. The van der Waals surface area contributed by atoms with E-state index in [9.17, 15) is 0 Å². The number of nitrogens with zero attached hydrogens (tertiary/aromatic N) is 4. The van der Waals surface area contributed by atoms with Gasteiger partial charge < -0.3 is 0 Å². The van der Waals surface area contributed by atoms with Gasteiger partial charge >= 0.3 is 0 Å². The van der Waals surface area contributed by atoms with Crippen LogP contribution in [0.15, 0.2) is 18.6 Å². The molecule has 2 aromatic heterocycles. The van der Waals surface area contributed by atoms with Crippen LogP contribution in [0.5, 0.6) is 0 Å². The molecule has 0 saturated carbocycles. The number of aromatic nitrogens is 4. The van der Waals surface area contributed by atoms with Gasteiger partial charge in [0.25, 0.3) is 0 Å². The summed E-state index contributed by atoms with van der Waals surface area (Å²) in [5.41, 5.74) is 3.94. The number of hydrogen-bond donors (Lipinski definition) is 0. The van der Waals surface area contributed by atoms with E-state index in [0.717, 1.165) is 22.6 Å². The molecule has 0 aromatic carbocycles. The lowest BCUT2D eigenvalue weighted by molar-refractivity contribution is 0.527. The highest BCUT2D eigenvalue weighted by Crippen LogP contribution is 2.31. The van der Waals surface area contributed by atoms with Crippen molar-refractivity contribution in [2.24, 2.45) is 7.05 Å². The molecule has 4 heteroatoms. The van der Waals surface area contributed by atoms with Gasteiger partial charge in [-0.3, -0.25) is 14.6 Å². The number of aryl methyl sites for hydroxylation is 1. The van der Waals surface area contributed by atoms with Crippen molar-refractivity contribution in [1.82, 2.24) is 19.7 Å². The van der Waals surface area contributed by atoms with Crippen molar-refractivity contribution in [2.45, 2.75) is 52.4 Å². The summed E-state index contributed by atoms with van der Waals surface area (Å²) in [7, 11) is 1.91. The number of hydrogen-bond acceptors (Lipinski definition) is 3. The maximum Gasteiger partial charge on any atom is 0.0954 e. The van der Waals surface area contributed by atoms with Gasteiger partial charge in [-0.05, 0) is 0 Å². The monoisotopic (exact) mass is 272 g/mol. The van der Waals surface area contributed by atoms with Gasteiger partial charge in [-0.25, -0.2) is 0 Å². The predicted molar refractivity (Wildman–Crippen MR) is 81.6 cm³/mol. The second-order valence-electron chi connectivity index (χ2n) is 7.36. The van der Waals surface area contributed by atoms with Crippen molar-refractivity contribution >= 4 is 0 Å². The van der Waals surface area contributed by atoms with Crippen LogP contribution in [-0.2, 0) is 17.9 Å². The summed E-state index contributed by atoms with van der Waals surface area (Å²) >= 11 is 0. The quantitative estimate of drug-likeness (QED) is 0.798. The molecule has 0 saturated heterocycles. The normalized spacial score (nSPS) is 12.8. The molecule has 2 heterocycles. The molecule has 0 N–H and O–H groups in total. The van der Waals surface area contributed by atoms with Gasteiger partial charge in [0.15, 0.2) is 0 Å². The van der Waals surface area contributed by atoms with Gasteiger partial charge in [0.2, 0.25) is 0 Å². The molecule has 0 atom stereocenters. The van der Waals surface area contributed by atoms with Gasteiger partial charge in [-0.1, -0.05) is 41.5 Å². The lowest BCUT2D eigenvalue weighted by Gasteiger charge is -2.25. The van der Waals surface area contributed by atoms with Gasteiger partial charge in [0.05, 0.1) is 23.3 Å². The van der Waals surface area contributed by atoms with Crippen LogP contribution in [0.2, 0.25) is 0 Å². The van der Waals surface area contributed by atoms with Crippen molar-refractivity contribution in [1.29, 1.82) is 0 Å². The van der Waals surface area contributed by atoms with E-state index < -0.39 is 0 Å². The molecule has 2 aromatic rings. The fourth-order valence-corrected chi connectivity index (χ4v) is 2.03. The van der Waals surface area contributed by atoms with E-state index in [4.69, 9.17) is 4.98 Å². The molecule has 0 amide bonds. The first-order valence-electron chi connectivity index (χ1n) is 6.96. The van der Waals surface area contributed by atoms with Crippen LogP contribution in [0.4, 0.5) is 0 Å². The Morgan fingerprint density at radius 3 is 2.05 bits per heavy atom. The van der Waals surface area contributed by atoms with E-state index >= 15 is 0 Å². The Hall–Kier alpha value is -1.71. The molecule has 0 aliphatic heterocycles. The van der Waals surface area contributed by atoms with Crippen molar-refractivity contribution in [2.75, 3.05) is 0 Å². The Morgan fingerprint density at radius 2 is 1.60 bits per heavy atom. The molecule has 0 bridgehead atoms. The largest absolute Gasteiger partial charge is 0.275 e. The average Bonchev–Trinajstić information content (AvgIpc) is 2.72. The van der Waals surface area contributed by atoms with Crippen molar-refractivity contribution in [3.05, 3.63) is 30.0 Å². The molecule has 2 rings (SSSR count). The number of rotatable bonds is 1. The summed E-state index contributed by atoms with van der Waals surface area (Å²) in [5, 5.41) is 4.24. The van der Waals surface area contributed by atoms with E-state index in [1.807, 2.05) is 25.6 Å². The third-order valence-electron chi connectivity index (χ3n) is 3.23. The lowest BCUT2D eigenvalue weighted by Crippen LogP contribution is -2.21. The summed E-state index contributed by atoms with van der Waals surface area (Å²) in [5.74, 6) is 0. The first-order chi connectivity index (χ1) is 9.09. The third kappa shape index (κ3) is 2.89. The highest BCUT2D eigenvalue weighted by atomic mass is 15.2. The summed E-state index contributed by atoms with van der Waals surface area (Å²) in [6, 6.07) is 0. The minimum atomic E-state index is -0.0561. The minimum Gasteiger partial charge on any atom is -0.275 e. The van der Waals surface area contributed by atoms with Crippen LogP contribution in [0.1, 0.15) is 52.9 Å². The SMILES string of the molecule is Cn1cc(-c2ncc(C(C)(C)C)nc2C(C)(C)C)cn1. The summed E-state index contributed by atoms with van der Waals surface area (Å²) in [6.45, 7) is 13.0. The maximum absolute atomic E-state index is 4.90. The van der Waals surface area contributed by atoms with Crippen LogP contribution >= 0.6 is 0 Å². The van der Waals surface area contributed by atoms with Crippen molar-refractivity contribution < 1.29 is 0 Å². The topological polar surface area (TPSA) is 43.6 Å². The van der Waals surface area contributed by atoms with Crippen LogP contribution in [0.3, 0.4) is 0 Å². The highest BCUT2D eigenvalue weighted by Gasteiger charge is 2.26. The molecule has 0 aliphatic carbocycles. The van der Waals surface area contributed by atoms with E-state index in [1.165, 1.54) is 0 Å². The van der Waals surface area contributed by atoms with E-state index in [1.54, 1.807) is 4.68 Å². The molecule has 0 aliphatic rings. The van der Waals surface area contributed by atoms with Crippen LogP contribution in [0.25, 0.3) is 11.3 Å². The fourth-order valence-electron chi connectivity index (χ4n) is 2.03. The standard InChI is InChI=1S/C16H24N4/c1-15(2,3)12-9-17-13(11-8-18-20(7)10-11)14(19-12)16(4,5)6/h8-10H,1-7H3. The Balaban J connectivity index is 2.64. The first kappa shape index (κ1) is 14.7. The Labute approximate surface area is 121 Å². The zero-order chi connectivity index (χ0) is 15.1. The third-order valence-corrected chi connectivity index (χ3v) is 3.23. The van der Waals surface area contributed by atoms with Gasteiger partial charge in [0.1, 0.15) is 0 Å². The molecule has 108 valence electrons. The minimum absolute atomic E-state index is 0.000464. The average molecular weight is 272 g/mol. The first-order valence-corrected chi connectivity index (χ1v) is 6.96. The Kier molecular flexibility index (Phi) is 3.44. The second-order valence-corrected chi connectivity index (χ2v) is 7.36. The molecule has 0 radical (unpaired) electrons. The molecule has 0 unspecified atom stereocenters. The molecular weight excluding hydrogens is 248 g/mol. The van der Waals surface area contributed by atoms with Crippen molar-refractivity contribution in [3.63, 3.8) is 0 Å². The van der Waals surface area contributed by atoms with E-state index in [-0.39, 0.29) is 10.8 Å². The second kappa shape index (κ2) is 4.69. The van der Waals surface area contributed by atoms with Crippen LogP contribution < -0.4 is 0 Å². The summed E-state index contributed by atoms with van der Waals surface area (Å²) < 4.78 is 1.79. The van der Waals surface area contributed by atoms with Crippen LogP contribution in [-0.4, -0.2) is 19.7 Å². The summed E-state index contributed by atoms with van der Waals surface area (Å²) in [6.07, 6.45) is 5.71. The zero-order valence-corrected chi connectivity index (χ0v) is 13.5. The molecule has 20 heavy (non-hydrogen) atoms. The zero-order valence-electron chi connectivity index (χ0n) is 13.5. The van der Waals surface area contributed by atoms with Gasteiger partial charge in [-0.15, -0.1) is 0 Å². The Morgan fingerprint density at radius 1 is 0.950 bits per heavy atom. The maximum atomic E-state index is 4.90. The highest BCUT2D eigenvalue weighted by molar-refractivity contribution is 5.61. The smallest absolute Gasteiger partial charge is 0.0954 e. The van der Waals surface area contributed by atoms with Gasteiger partial charge in [0, 0.05) is 35.8 Å². The fraction of sp³-hybridized carbons (Fsp3) is 0.562. The van der Waals surface area contributed by atoms with E-state index in [0.29, 0.717) is 0 Å². The molecular formula is C16H24N4. The molecule has 0 spiro atoms. The molecule has 0 fully saturated rings. The van der Waals surface area contributed by atoms with Crippen molar-refractivity contribution in [3.8, 4) is 11.3 Å².